The first-order valence-electron chi connectivity index (χ1n) is 8.99. The van der Waals surface area contributed by atoms with Gasteiger partial charge in [0.05, 0.1) is 18.2 Å². The van der Waals surface area contributed by atoms with E-state index >= 15 is 0 Å². The summed E-state index contributed by atoms with van der Waals surface area (Å²) >= 11 is 0. The Hall–Kier alpha value is -4.14. The molecule has 1 heterocycles. The molecule has 0 fully saturated rings. The molecule has 9 nitrogen and oxygen atoms in total. The summed E-state index contributed by atoms with van der Waals surface area (Å²) < 4.78 is 12.4. The molecule has 0 bridgehead atoms. The number of nitrogens with one attached hydrogen (secondary N) is 1. The molecule has 0 saturated heterocycles. The fourth-order valence-corrected chi connectivity index (χ4v) is 2.77. The van der Waals surface area contributed by atoms with Crippen LogP contribution in [0.25, 0.3) is 5.69 Å². The molecule has 0 atom stereocenters. The van der Waals surface area contributed by atoms with Crippen LogP contribution in [0.2, 0.25) is 0 Å². The fraction of sp³-hybridized carbons (Fsp3) is 0.143. The van der Waals surface area contributed by atoms with Gasteiger partial charge in [-0.2, -0.15) is 5.10 Å². The van der Waals surface area contributed by atoms with Gasteiger partial charge in [0.25, 0.3) is 5.91 Å². The van der Waals surface area contributed by atoms with Crippen LogP contribution in [-0.2, 0) is 4.79 Å². The quantitative estimate of drug-likeness (QED) is 0.350. The van der Waals surface area contributed by atoms with Gasteiger partial charge in [0.15, 0.2) is 12.4 Å². The zero-order valence-electron chi connectivity index (χ0n) is 16.4. The number of hydrogen-bond donors (Lipinski definition) is 1. The predicted molar refractivity (Wildman–Crippen MR) is 111 cm³/mol. The second kappa shape index (κ2) is 9.37. The van der Waals surface area contributed by atoms with Crippen molar-refractivity contribution in [3.8, 4) is 17.2 Å². The minimum absolute atomic E-state index is 0.0221. The fourth-order valence-electron chi connectivity index (χ4n) is 2.77. The van der Waals surface area contributed by atoms with Gasteiger partial charge in [0, 0.05) is 29.2 Å². The first-order chi connectivity index (χ1) is 14.5. The number of carbonyl (C=O) groups is 1. The van der Waals surface area contributed by atoms with Crippen molar-refractivity contribution in [3.63, 3.8) is 0 Å². The molecule has 0 radical (unpaired) electrons. The molecule has 154 valence electrons. The second-order valence-corrected chi connectivity index (χ2v) is 6.29. The maximum absolute atomic E-state index is 11.9. The Morgan fingerprint density at radius 3 is 2.67 bits per heavy atom. The highest BCUT2D eigenvalue weighted by atomic mass is 16.6. The molecule has 3 aromatic rings. The summed E-state index contributed by atoms with van der Waals surface area (Å²) in [7, 11) is 1.62. The van der Waals surface area contributed by atoms with E-state index in [0.29, 0.717) is 0 Å². The molecule has 0 unspecified atom stereocenters. The Kier molecular flexibility index (Phi) is 6.43. The predicted octanol–water partition coefficient (Wildman–Crippen LogP) is 3.23. The monoisotopic (exact) mass is 408 g/mol. The molecular formula is C21H20N4O5. The van der Waals surface area contributed by atoms with Crippen LogP contribution in [0.3, 0.4) is 0 Å². The molecule has 0 aliphatic heterocycles. The van der Waals surface area contributed by atoms with Gasteiger partial charge in [0.2, 0.25) is 0 Å². The van der Waals surface area contributed by atoms with Gasteiger partial charge >= 0.3 is 5.69 Å². The minimum atomic E-state index is -0.568. The van der Waals surface area contributed by atoms with E-state index < -0.39 is 17.4 Å². The number of nitro groups is 1. The summed E-state index contributed by atoms with van der Waals surface area (Å²) in [5.41, 5.74) is 4.89. The number of nitro benzene ring substituents is 1. The number of hydrazone groups is 1. The summed E-state index contributed by atoms with van der Waals surface area (Å²) in [6.07, 6.45) is 3.40. The van der Waals surface area contributed by atoms with Crippen LogP contribution in [0, 0.1) is 17.0 Å². The van der Waals surface area contributed by atoms with Crippen molar-refractivity contribution in [2.75, 3.05) is 13.7 Å². The zero-order chi connectivity index (χ0) is 21.5. The second-order valence-electron chi connectivity index (χ2n) is 6.29. The van der Waals surface area contributed by atoms with Crippen LogP contribution >= 0.6 is 0 Å². The van der Waals surface area contributed by atoms with E-state index in [9.17, 15) is 14.9 Å². The summed E-state index contributed by atoms with van der Waals surface area (Å²) in [5.74, 6) is 0.264. The van der Waals surface area contributed by atoms with E-state index in [2.05, 4.69) is 10.5 Å². The zero-order valence-corrected chi connectivity index (χ0v) is 16.4. The summed E-state index contributed by atoms with van der Waals surface area (Å²) in [6, 6.07) is 15.4. The topological polar surface area (TPSA) is 108 Å². The third-order valence-corrected chi connectivity index (χ3v) is 4.21. The van der Waals surface area contributed by atoms with Gasteiger partial charge in [-0.05, 0) is 43.3 Å². The maximum atomic E-state index is 11.9. The number of aromatic nitrogens is 1. The number of hydrogen-bond acceptors (Lipinski definition) is 6. The van der Waals surface area contributed by atoms with Gasteiger partial charge in [-0.15, -0.1) is 0 Å². The Balaban J connectivity index is 1.58. The third-order valence-electron chi connectivity index (χ3n) is 4.21. The molecule has 0 aliphatic carbocycles. The van der Waals surface area contributed by atoms with Crippen molar-refractivity contribution >= 4 is 17.8 Å². The van der Waals surface area contributed by atoms with Crippen LogP contribution in [-0.4, -0.2) is 35.3 Å². The van der Waals surface area contributed by atoms with E-state index in [1.54, 1.807) is 13.2 Å². The number of amides is 1. The molecular weight excluding hydrogens is 388 g/mol. The molecule has 1 aromatic heterocycles. The molecule has 30 heavy (non-hydrogen) atoms. The first kappa shape index (κ1) is 20.6. The van der Waals surface area contributed by atoms with Gasteiger partial charge in [0.1, 0.15) is 5.75 Å². The van der Waals surface area contributed by atoms with Crippen molar-refractivity contribution in [1.82, 2.24) is 9.99 Å². The molecule has 3 rings (SSSR count). The van der Waals surface area contributed by atoms with E-state index in [1.165, 1.54) is 24.4 Å². The van der Waals surface area contributed by atoms with Crippen molar-refractivity contribution < 1.29 is 19.2 Å². The van der Waals surface area contributed by atoms with Crippen molar-refractivity contribution in [2.24, 2.45) is 5.10 Å². The number of carbonyl (C=O) groups excluding carboxylic acids is 1. The minimum Gasteiger partial charge on any atom is -0.497 e. The summed E-state index contributed by atoms with van der Waals surface area (Å²) in [4.78, 5) is 22.3. The van der Waals surface area contributed by atoms with Crippen LogP contribution < -0.4 is 14.9 Å². The maximum Gasteiger partial charge on any atom is 0.310 e. The molecule has 2 aromatic carbocycles. The number of nitrogens with zero attached hydrogens (tertiary/aromatic N) is 3. The normalized spacial score (nSPS) is 10.7. The number of para-hydroxylation sites is 2. The molecule has 0 saturated carbocycles. The van der Waals surface area contributed by atoms with Crippen molar-refractivity contribution in [2.45, 2.75) is 6.92 Å². The van der Waals surface area contributed by atoms with Gasteiger partial charge < -0.3 is 14.0 Å². The van der Waals surface area contributed by atoms with Gasteiger partial charge in [-0.1, -0.05) is 12.1 Å². The molecule has 0 spiro atoms. The first-order valence-corrected chi connectivity index (χ1v) is 8.99. The number of ether oxygens (including phenoxy) is 2. The number of benzene rings is 2. The average molecular weight is 408 g/mol. The molecule has 1 N–H and O–H groups in total. The van der Waals surface area contributed by atoms with Crippen molar-refractivity contribution in [3.05, 3.63) is 82.2 Å². The lowest BCUT2D eigenvalue weighted by Crippen LogP contribution is -2.24. The van der Waals surface area contributed by atoms with Gasteiger partial charge in [-0.25, -0.2) is 5.43 Å². The number of aryl methyl sites for hydroxylation is 1. The van der Waals surface area contributed by atoms with E-state index in [-0.39, 0.29) is 11.4 Å². The molecule has 0 aliphatic rings. The summed E-state index contributed by atoms with van der Waals surface area (Å²) in [5, 5.41) is 14.9. The van der Waals surface area contributed by atoms with Crippen LogP contribution in [0.5, 0.6) is 11.5 Å². The Morgan fingerprint density at radius 2 is 1.97 bits per heavy atom. The standard InChI is InChI=1S/C21H20N4O5/c1-15-11-16(13-24(15)17-7-9-18(29-2)10-8-17)12-22-23-21(26)14-30-20-6-4-3-5-19(20)25(27)28/h3-13H,14H2,1-2H3,(H,23,26)/b22-12+. The largest absolute Gasteiger partial charge is 0.497 e. The Bertz CT molecular complexity index is 1070. The van der Waals surface area contributed by atoms with E-state index in [0.717, 1.165) is 22.7 Å². The van der Waals surface area contributed by atoms with Gasteiger partial charge in [-0.3, -0.25) is 14.9 Å². The average Bonchev–Trinajstić information content (AvgIpc) is 3.12. The van der Waals surface area contributed by atoms with Crippen molar-refractivity contribution in [1.29, 1.82) is 0 Å². The third kappa shape index (κ3) is 5.02. The van der Waals surface area contributed by atoms with Crippen LogP contribution in [0.1, 0.15) is 11.3 Å². The molecule has 1 amide bonds. The Labute approximate surface area is 172 Å². The highest BCUT2D eigenvalue weighted by molar-refractivity contribution is 5.83. The highest BCUT2D eigenvalue weighted by Gasteiger charge is 2.14. The highest BCUT2D eigenvalue weighted by Crippen LogP contribution is 2.25. The molecule has 9 heteroatoms. The lowest BCUT2D eigenvalue weighted by atomic mass is 10.3. The number of rotatable bonds is 8. The SMILES string of the molecule is COc1ccc(-n2cc(/C=N/NC(=O)COc3ccccc3[N+](=O)[O-])cc2C)cc1. The van der Waals surface area contributed by atoms with Crippen LogP contribution in [0.15, 0.2) is 65.9 Å². The number of methoxy groups -OCH3 is 1. The lowest BCUT2D eigenvalue weighted by Gasteiger charge is -2.06. The van der Waals surface area contributed by atoms with E-state index in [1.807, 2.05) is 48.0 Å². The lowest BCUT2D eigenvalue weighted by molar-refractivity contribution is -0.385. The smallest absolute Gasteiger partial charge is 0.310 e. The van der Waals surface area contributed by atoms with Crippen LogP contribution in [0.4, 0.5) is 5.69 Å². The Morgan fingerprint density at radius 1 is 1.23 bits per heavy atom. The summed E-state index contributed by atoms with van der Waals surface area (Å²) in [6.45, 7) is 1.56. The van der Waals surface area contributed by atoms with E-state index in [4.69, 9.17) is 9.47 Å².